The molecule has 0 aliphatic heterocycles. The third-order valence-corrected chi connectivity index (χ3v) is 4.55. The van der Waals surface area contributed by atoms with Crippen molar-refractivity contribution in [1.29, 1.82) is 0 Å². The molecule has 4 heteroatoms. The fourth-order valence-corrected chi connectivity index (χ4v) is 3.31. The summed E-state index contributed by atoms with van der Waals surface area (Å²) in [5.74, 6) is 0.729. The molecule has 0 radical (unpaired) electrons. The minimum Gasteiger partial charge on any atom is -0.389 e. The first-order valence-corrected chi connectivity index (χ1v) is 7.66. The molecule has 1 unspecified atom stereocenters. The van der Waals surface area contributed by atoms with E-state index >= 15 is 0 Å². The molecule has 0 amide bonds. The summed E-state index contributed by atoms with van der Waals surface area (Å²) in [6.45, 7) is 1.76. The predicted molar refractivity (Wildman–Crippen MR) is 83.1 cm³/mol. The molecule has 0 saturated carbocycles. The summed E-state index contributed by atoms with van der Waals surface area (Å²) < 4.78 is 0. The van der Waals surface area contributed by atoms with Crippen molar-refractivity contribution in [3.63, 3.8) is 0 Å². The van der Waals surface area contributed by atoms with Crippen LogP contribution < -0.4 is 0 Å². The van der Waals surface area contributed by atoms with Gasteiger partial charge in [-0.2, -0.15) is 0 Å². The molecule has 1 nitrogen and oxygen atoms in total. The average molecular weight is 313 g/mol. The van der Waals surface area contributed by atoms with Crippen LogP contribution >= 0.6 is 35.0 Å². The summed E-state index contributed by atoms with van der Waals surface area (Å²) in [7, 11) is 0. The number of aliphatic hydroxyl groups is 1. The predicted octanol–water partition coefficient (Wildman–Crippen LogP) is 5.34. The van der Waals surface area contributed by atoms with E-state index in [4.69, 9.17) is 23.2 Å². The fraction of sp³-hybridized carbons (Fsp3) is 0.200. The van der Waals surface area contributed by atoms with Gasteiger partial charge in [0.15, 0.2) is 0 Å². The number of thioether (sulfide) groups is 1. The van der Waals surface area contributed by atoms with Gasteiger partial charge in [0.25, 0.3) is 0 Å². The minimum atomic E-state index is -0.433. The van der Waals surface area contributed by atoms with Crippen LogP contribution in [0.1, 0.15) is 24.2 Å². The monoisotopic (exact) mass is 312 g/mol. The maximum Gasteiger partial charge on any atom is 0.0761 e. The molecule has 1 atom stereocenters. The zero-order chi connectivity index (χ0) is 13.8. The second-order valence-electron chi connectivity index (χ2n) is 4.23. The summed E-state index contributed by atoms with van der Waals surface area (Å²) in [5, 5.41) is 10.8. The summed E-state index contributed by atoms with van der Waals surface area (Å²) >= 11 is 13.9. The van der Waals surface area contributed by atoms with Gasteiger partial charge in [-0.15, -0.1) is 11.8 Å². The summed E-state index contributed by atoms with van der Waals surface area (Å²) in [6, 6.07) is 13.4. The Morgan fingerprint density at radius 3 is 2.16 bits per heavy atom. The van der Waals surface area contributed by atoms with E-state index in [0.717, 1.165) is 21.8 Å². The number of hydrogen-bond acceptors (Lipinski definition) is 2. The molecule has 0 aliphatic rings. The van der Waals surface area contributed by atoms with Crippen molar-refractivity contribution in [2.75, 3.05) is 0 Å². The molecule has 0 heterocycles. The Bertz CT molecular complexity index is 532. The van der Waals surface area contributed by atoms with Crippen molar-refractivity contribution in [3.05, 3.63) is 63.6 Å². The third kappa shape index (κ3) is 3.90. The van der Waals surface area contributed by atoms with Crippen molar-refractivity contribution in [1.82, 2.24) is 0 Å². The van der Waals surface area contributed by atoms with Crippen LogP contribution in [0.2, 0.25) is 10.0 Å². The molecule has 100 valence electrons. The van der Waals surface area contributed by atoms with E-state index in [1.807, 2.05) is 42.5 Å². The second kappa shape index (κ2) is 6.67. The summed E-state index contributed by atoms with van der Waals surface area (Å²) in [4.78, 5) is 1.13. The van der Waals surface area contributed by atoms with Crippen molar-refractivity contribution < 1.29 is 5.11 Å². The highest BCUT2D eigenvalue weighted by molar-refractivity contribution is 7.98. The van der Waals surface area contributed by atoms with Gasteiger partial charge in [-0.25, -0.2) is 0 Å². The van der Waals surface area contributed by atoms with Crippen LogP contribution in [-0.2, 0) is 5.75 Å². The first kappa shape index (κ1) is 14.7. The van der Waals surface area contributed by atoms with E-state index in [0.29, 0.717) is 10.0 Å². The van der Waals surface area contributed by atoms with Crippen LogP contribution in [-0.4, -0.2) is 5.11 Å². The molecule has 0 aliphatic carbocycles. The lowest BCUT2D eigenvalue weighted by molar-refractivity contribution is 0.199. The van der Waals surface area contributed by atoms with Gasteiger partial charge in [-0.05, 0) is 42.3 Å². The number of hydrogen-bond donors (Lipinski definition) is 1. The van der Waals surface area contributed by atoms with Gasteiger partial charge in [0, 0.05) is 20.7 Å². The Kier molecular flexibility index (Phi) is 5.17. The average Bonchev–Trinajstić information content (AvgIpc) is 2.38. The van der Waals surface area contributed by atoms with Crippen LogP contribution in [0.4, 0.5) is 0 Å². The Morgan fingerprint density at radius 1 is 1.05 bits per heavy atom. The van der Waals surface area contributed by atoms with E-state index in [2.05, 4.69) is 0 Å². The zero-order valence-electron chi connectivity index (χ0n) is 10.4. The highest BCUT2D eigenvalue weighted by Gasteiger charge is 2.06. The molecular formula is C15H14Cl2OS. The number of benzene rings is 2. The normalized spacial score (nSPS) is 12.4. The van der Waals surface area contributed by atoms with Gasteiger partial charge in [0.1, 0.15) is 0 Å². The maximum atomic E-state index is 9.45. The quantitative estimate of drug-likeness (QED) is 0.769. The Labute approximate surface area is 127 Å². The lowest BCUT2D eigenvalue weighted by atomic mass is 10.1. The topological polar surface area (TPSA) is 20.2 Å². The van der Waals surface area contributed by atoms with Crippen molar-refractivity contribution in [2.24, 2.45) is 0 Å². The van der Waals surface area contributed by atoms with Crippen molar-refractivity contribution in [2.45, 2.75) is 23.7 Å². The number of rotatable bonds is 4. The zero-order valence-corrected chi connectivity index (χ0v) is 12.8. The van der Waals surface area contributed by atoms with Crippen LogP contribution in [0.25, 0.3) is 0 Å². The minimum absolute atomic E-state index is 0.433. The van der Waals surface area contributed by atoms with Gasteiger partial charge in [0.2, 0.25) is 0 Å². The third-order valence-electron chi connectivity index (χ3n) is 2.81. The molecule has 0 aromatic heterocycles. The summed E-state index contributed by atoms with van der Waals surface area (Å²) in [5.41, 5.74) is 1.87. The molecule has 0 fully saturated rings. The lowest BCUT2D eigenvalue weighted by Crippen LogP contribution is -1.90. The van der Waals surface area contributed by atoms with E-state index in [1.54, 1.807) is 18.7 Å². The molecule has 0 spiro atoms. The van der Waals surface area contributed by atoms with E-state index in [1.165, 1.54) is 0 Å². The fourth-order valence-electron chi connectivity index (χ4n) is 1.67. The number of halogens is 2. The van der Waals surface area contributed by atoms with Crippen LogP contribution in [0, 0.1) is 0 Å². The van der Waals surface area contributed by atoms with Crippen molar-refractivity contribution in [3.8, 4) is 0 Å². The highest BCUT2D eigenvalue weighted by atomic mass is 35.5. The SMILES string of the molecule is CC(O)c1ccc(SCc2c(Cl)cccc2Cl)cc1. The van der Waals surface area contributed by atoms with E-state index in [9.17, 15) is 5.11 Å². The molecule has 2 aromatic carbocycles. The molecule has 19 heavy (non-hydrogen) atoms. The second-order valence-corrected chi connectivity index (χ2v) is 6.10. The Balaban J connectivity index is 2.06. The first-order chi connectivity index (χ1) is 9.08. The smallest absolute Gasteiger partial charge is 0.0761 e. The largest absolute Gasteiger partial charge is 0.389 e. The molecule has 2 aromatic rings. The maximum absolute atomic E-state index is 9.45. The van der Waals surface area contributed by atoms with Gasteiger partial charge in [0.05, 0.1) is 6.10 Å². The number of aliphatic hydroxyl groups excluding tert-OH is 1. The van der Waals surface area contributed by atoms with Gasteiger partial charge in [-0.3, -0.25) is 0 Å². The first-order valence-electron chi connectivity index (χ1n) is 5.91. The molecule has 0 bridgehead atoms. The van der Waals surface area contributed by atoms with Crippen molar-refractivity contribution >= 4 is 35.0 Å². The Morgan fingerprint density at radius 2 is 1.63 bits per heavy atom. The standard InChI is InChI=1S/C15H14Cl2OS/c1-10(18)11-5-7-12(8-6-11)19-9-13-14(16)3-2-4-15(13)17/h2-8,10,18H,9H2,1H3. The molecule has 0 saturated heterocycles. The van der Waals surface area contributed by atoms with E-state index in [-0.39, 0.29) is 0 Å². The van der Waals surface area contributed by atoms with Gasteiger partial charge in [-0.1, -0.05) is 41.4 Å². The lowest BCUT2D eigenvalue weighted by Gasteiger charge is -2.08. The van der Waals surface area contributed by atoms with Gasteiger partial charge < -0.3 is 5.11 Å². The molecule has 2 rings (SSSR count). The highest BCUT2D eigenvalue weighted by Crippen LogP contribution is 2.31. The van der Waals surface area contributed by atoms with Crippen LogP contribution in [0.15, 0.2) is 47.4 Å². The summed E-state index contributed by atoms with van der Waals surface area (Å²) in [6.07, 6.45) is -0.433. The van der Waals surface area contributed by atoms with Crippen LogP contribution in [0.3, 0.4) is 0 Å². The van der Waals surface area contributed by atoms with E-state index < -0.39 is 6.10 Å². The van der Waals surface area contributed by atoms with Crippen LogP contribution in [0.5, 0.6) is 0 Å². The molecule has 1 N–H and O–H groups in total. The molecular weight excluding hydrogens is 299 g/mol. The Hall–Kier alpha value is -0.670. The van der Waals surface area contributed by atoms with Gasteiger partial charge >= 0.3 is 0 Å².